The van der Waals surface area contributed by atoms with Gasteiger partial charge in [0, 0.05) is 29.8 Å². The van der Waals surface area contributed by atoms with E-state index in [1.54, 1.807) is 18.2 Å². The molecule has 4 aromatic rings. The molecule has 0 aliphatic heterocycles. The van der Waals surface area contributed by atoms with E-state index >= 15 is 0 Å². The molecular formula is C30H28N2O6. The maximum atomic E-state index is 12.4. The van der Waals surface area contributed by atoms with Gasteiger partial charge in [0.25, 0.3) is 0 Å². The second kappa shape index (κ2) is 9.39. The molecule has 0 unspecified atom stereocenters. The molecule has 2 aliphatic carbocycles. The van der Waals surface area contributed by atoms with Crippen LogP contribution in [0.1, 0.15) is 31.5 Å². The van der Waals surface area contributed by atoms with Crippen LogP contribution in [0.25, 0.3) is 22.1 Å². The minimum absolute atomic E-state index is 0.00775. The summed E-state index contributed by atoms with van der Waals surface area (Å²) in [5, 5.41) is 28.4. The minimum atomic E-state index is -0.434. The first kappa shape index (κ1) is 25.1. The molecule has 0 fully saturated rings. The summed E-state index contributed by atoms with van der Waals surface area (Å²) in [7, 11) is 0. The Morgan fingerprint density at radius 3 is 2.50 bits per heavy atom. The lowest BCUT2D eigenvalue weighted by molar-refractivity contribution is 0.409. The second-order valence-corrected chi connectivity index (χ2v) is 9.79. The Labute approximate surface area is 218 Å². The fourth-order valence-electron chi connectivity index (χ4n) is 5.63. The molecule has 2 aromatic carbocycles. The summed E-state index contributed by atoms with van der Waals surface area (Å²) in [5.74, 6) is -0.101. The largest absolute Gasteiger partial charge is 0.508 e. The third kappa shape index (κ3) is 4.29. The molecule has 38 heavy (non-hydrogen) atoms. The third-order valence-electron chi connectivity index (χ3n) is 7.19. The van der Waals surface area contributed by atoms with E-state index in [0.29, 0.717) is 11.5 Å². The highest BCUT2D eigenvalue weighted by Crippen LogP contribution is 2.47. The number of nitrogens with one attached hydrogen (secondary N) is 1. The fraction of sp³-hybridized carbons (Fsp3) is 0.200. The van der Waals surface area contributed by atoms with Gasteiger partial charge in [-0.05, 0) is 61.6 Å². The van der Waals surface area contributed by atoms with E-state index in [1.807, 2.05) is 6.07 Å². The molecule has 0 radical (unpaired) electrons. The van der Waals surface area contributed by atoms with Gasteiger partial charge < -0.3 is 30.5 Å². The Hall–Kier alpha value is -4.56. The van der Waals surface area contributed by atoms with Crippen LogP contribution in [0, 0.1) is 5.92 Å². The number of phenols is 3. The predicted molar refractivity (Wildman–Crippen MR) is 145 cm³/mol. The zero-order valence-corrected chi connectivity index (χ0v) is 21.0. The van der Waals surface area contributed by atoms with E-state index in [0.717, 1.165) is 30.2 Å². The van der Waals surface area contributed by atoms with Crippen molar-refractivity contribution >= 4 is 11.0 Å². The maximum absolute atomic E-state index is 12.4. The molecule has 8 nitrogen and oxygen atoms in total. The Morgan fingerprint density at radius 1 is 1.05 bits per heavy atom. The van der Waals surface area contributed by atoms with Crippen molar-refractivity contribution in [2.75, 3.05) is 0 Å². The van der Waals surface area contributed by atoms with Crippen LogP contribution in [0.2, 0.25) is 0 Å². The first-order valence-corrected chi connectivity index (χ1v) is 12.2. The zero-order chi connectivity index (χ0) is 27.2. The third-order valence-corrected chi connectivity index (χ3v) is 7.19. The molecule has 2 heterocycles. The number of hydrogen-bond acceptors (Lipinski definition) is 7. The van der Waals surface area contributed by atoms with Crippen LogP contribution in [0.4, 0.5) is 0 Å². The lowest BCUT2D eigenvalue weighted by atomic mass is 9.63. The van der Waals surface area contributed by atoms with Crippen molar-refractivity contribution in [3.05, 3.63) is 110 Å². The molecule has 0 saturated heterocycles. The molecule has 6 N–H and O–H groups in total. The van der Waals surface area contributed by atoms with E-state index in [-0.39, 0.29) is 39.3 Å². The summed E-state index contributed by atoms with van der Waals surface area (Å²) in [5.41, 5.74) is 11.4. The van der Waals surface area contributed by atoms with Crippen molar-refractivity contribution in [1.29, 1.82) is 0 Å². The van der Waals surface area contributed by atoms with Gasteiger partial charge in [-0.2, -0.15) is 0 Å². The van der Waals surface area contributed by atoms with E-state index in [4.69, 9.17) is 10.2 Å². The molecule has 0 saturated carbocycles. The van der Waals surface area contributed by atoms with Crippen molar-refractivity contribution in [2.24, 2.45) is 11.7 Å². The topological polar surface area (TPSA) is 150 Å². The number of pyridine rings is 1. The first-order valence-electron chi connectivity index (χ1n) is 12.2. The number of nitrogens with two attached hydrogens (primary N) is 1. The fourth-order valence-corrected chi connectivity index (χ4v) is 5.63. The van der Waals surface area contributed by atoms with Gasteiger partial charge in [0.1, 0.15) is 34.5 Å². The van der Waals surface area contributed by atoms with Crippen molar-refractivity contribution in [2.45, 2.75) is 32.2 Å². The predicted octanol–water partition coefficient (Wildman–Crippen LogP) is 4.57. The van der Waals surface area contributed by atoms with Crippen molar-refractivity contribution in [3.8, 4) is 28.4 Å². The van der Waals surface area contributed by atoms with Gasteiger partial charge in [0.15, 0.2) is 0 Å². The molecule has 194 valence electrons. The molecular weight excluding hydrogens is 484 g/mol. The highest BCUT2D eigenvalue weighted by molar-refractivity contribution is 5.88. The van der Waals surface area contributed by atoms with Gasteiger partial charge in [-0.1, -0.05) is 29.9 Å². The highest BCUT2D eigenvalue weighted by Gasteiger charge is 2.43. The van der Waals surface area contributed by atoms with Crippen LogP contribution in [-0.2, 0) is 12.0 Å². The summed E-state index contributed by atoms with van der Waals surface area (Å²) >= 11 is 0. The number of H-pyrrole nitrogens is 1. The number of aromatic amines is 1. The summed E-state index contributed by atoms with van der Waals surface area (Å²) in [4.78, 5) is 26.8. The smallest absolute Gasteiger partial charge is 0.248 e. The van der Waals surface area contributed by atoms with Crippen LogP contribution >= 0.6 is 0 Å². The molecule has 2 aromatic heterocycles. The molecule has 0 spiro atoms. The van der Waals surface area contributed by atoms with Crippen LogP contribution in [-0.4, -0.2) is 20.3 Å². The Morgan fingerprint density at radius 2 is 1.79 bits per heavy atom. The average Bonchev–Trinajstić information content (AvgIpc) is 2.84. The number of hydrogen-bond donors (Lipinski definition) is 5. The lowest BCUT2D eigenvalue weighted by Crippen LogP contribution is -2.48. The van der Waals surface area contributed by atoms with E-state index in [1.165, 1.54) is 35.6 Å². The number of aromatic hydroxyl groups is 3. The van der Waals surface area contributed by atoms with Gasteiger partial charge in [-0.3, -0.25) is 9.59 Å². The highest BCUT2D eigenvalue weighted by atomic mass is 16.3. The van der Waals surface area contributed by atoms with Crippen LogP contribution in [0.3, 0.4) is 0 Å². The number of benzene rings is 2. The summed E-state index contributed by atoms with van der Waals surface area (Å²) in [6, 6.07) is 11.9. The Balaban J connectivity index is 0.000000156. The first-order chi connectivity index (χ1) is 18.1. The summed E-state index contributed by atoms with van der Waals surface area (Å²) < 4.78 is 5.29. The van der Waals surface area contributed by atoms with E-state index in [9.17, 15) is 24.9 Å². The average molecular weight is 513 g/mol. The monoisotopic (exact) mass is 512 g/mol. The molecule has 6 rings (SSSR count). The van der Waals surface area contributed by atoms with Crippen molar-refractivity contribution in [3.63, 3.8) is 0 Å². The summed E-state index contributed by atoms with van der Waals surface area (Å²) in [6.45, 7) is 4.19. The lowest BCUT2D eigenvalue weighted by Gasteiger charge is -2.45. The molecule has 2 bridgehead atoms. The molecule has 8 heteroatoms. The maximum Gasteiger partial charge on any atom is 0.248 e. The van der Waals surface area contributed by atoms with Crippen LogP contribution in [0.15, 0.2) is 92.1 Å². The normalized spacial score (nSPS) is 20.9. The van der Waals surface area contributed by atoms with Crippen LogP contribution in [0.5, 0.6) is 17.2 Å². The van der Waals surface area contributed by atoms with Crippen molar-refractivity contribution < 1.29 is 19.7 Å². The quantitative estimate of drug-likeness (QED) is 0.234. The van der Waals surface area contributed by atoms with Gasteiger partial charge in [-0.25, -0.2) is 0 Å². The van der Waals surface area contributed by atoms with Crippen molar-refractivity contribution in [1.82, 2.24) is 4.98 Å². The van der Waals surface area contributed by atoms with Gasteiger partial charge in [0.05, 0.1) is 11.1 Å². The zero-order valence-electron chi connectivity index (χ0n) is 21.0. The number of aromatic nitrogens is 1. The number of rotatable bonds is 1. The number of fused-ring (bicyclic) bond motifs is 5. The molecule has 2 atom stereocenters. The Bertz CT molecular complexity index is 1730. The van der Waals surface area contributed by atoms with Gasteiger partial charge >= 0.3 is 0 Å². The van der Waals surface area contributed by atoms with E-state index in [2.05, 4.69) is 31.0 Å². The standard InChI is InChI=1S/C15H18N2O.C15H10O5/c1-3-11-10-6-9(2)8-15(11,16)12-4-5-14(18)17-13(12)7-10;16-9-3-1-8(2-4-9)11-7-20-13-6-10(17)5-12(18)14(13)15(11)19/h3-6,10H,7-8,16H2,1-2H3,(H,17,18);1-7,16-18H/t10-,15-;/m0./s1. The van der Waals surface area contributed by atoms with Gasteiger partial charge in [-0.15, -0.1) is 0 Å². The SMILES string of the molecule is CC=C1[C@H]2C=C(C)C[C@@]1(N)c1ccc(=O)[nH]c1C2.O=c1c(-c2ccc(O)cc2)coc2cc(O)cc(O)c12. The molecule has 2 aliphatic rings. The second-order valence-electron chi connectivity index (χ2n) is 9.79. The minimum Gasteiger partial charge on any atom is -0.508 e. The van der Waals surface area contributed by atoms with Gasteiger partial charge in [0.2, 0.25) is 11.0 Å². The van der Waals surface area contributed by atoms with Crippen LogP contribution < -0.4 is 16.7 Å². The number of phenolic OH excluding ortho intramolecular Hbond substituents is 3. The Kier molecular flexibility index (Phi) is 6.20. The molecule has 0 amide bonds. The summed E-state index contributed by atoms with van der Waals surface area (Å²) in [6.07, 6.45) is 7.37. The van der Waals surface area contributed by atoms with E-state index < -0.39 is 11.0 Å². The number of allylic oxidation sites excluding steroid dienone is 2.